The summed E-state index contributed by atoms with van der Waals surface area (Å²) in [6, 6.07) is 34.9. The van der Waals surface area contributed by atoms with E-state index in [2.05, 4.69) is 115 Å². The van der Waals surface area contributed by atoms with Crippen molar-refractivity contribution in [1.82, 2.24) is 9.55 Å². The minimum atomic E-state index is 0. The van der Waals surface area contributed by atoms with E-state index in [9.17, 15) is 0 Å². The molecule has 0 saturated carbocycles. The van der Waals surface area contributed by atoms with E-state index in [4.69, 9.17) is 4.98 Å². The van der Waals surface area contributed by atoms with Crippen molar-refractivity contribution < 1.29 is 20.1 Å². The van der Waals surface area contributed by atoms with E-state index in [-0.39, 0.29) is 25.5 Å². The first-order valence-corrected chi connectivity index (χ1v) is 11.5. The number of hydrogen-bond acceptors (Lipinski definition) is 1. The number of benzene rings is 4. The molecule has 5 aromatic rings. The monoisotopic (exact) mass is 607 g/mol. The summed E-state index contributed by atoms with van der Waals surface area (Å²) in [6.45, 7) is 4.64. The van der Waals surface area contributed by atoms with Crippen LogP contribution in [0.4, 0.5) is 0 Å². The van der Waals surface area contributed by atoms with Gasteiger partial charge in [0.05, 0.1) is 11.0 Å². The van der Waals surface area contributed by atoms with Crippen LogP contribution in [-0.4, -0.2) is 9.55 Å². The zero-order chi connectivity index (χ0) is 21.7. The Labute approximate surface area is 208 Å². The van der Waals surface area contributed by atoms with Crippen molar-refractivity contribution in [3.05, 3.63) is 108 Å². The summed E-state index contributed by atoms with van der Waals surface area (Å²) in [4.78, 5) is 5.10. The SMILES string of the molecule is CCC1(CC)c2ccccc2-c2ccc(-c3nc4ccccc4n3-c3ccccc3)cc21.[Ir]. The van der Waals surface area contributed by atoms with Gasteiger partial charge >= 0.3 is 0 Å². The second kappa shape index (κ2) is 8.41. The largest absolute Gasteiger partial charge is 0.292 e. The van der Waals surface area contributed by atoms with Gasteiger partial charge in [0.1, 0.15) is 5.82 Å². The Hall–Kier alpha value is -3.00. The minimum absolute atomic E-state index is 0. The first kappa shape index (κ1) is 21.8. The van der Waals surface area contributed by atoms with Gasteiger partial charge in [0, 0.05) is 36.8 Å². The van der Waals surface area contributed by atoms with Crippen molar-refractivity contribution in [1.29, 1.82) is 0 Å². The Morgan fingerprint density at radius 2 is 1.36 bits per heavy atom. The number of fused-ring (bicyclic) bond motifs is 4. The van der Waals surface area contributed by atoms with E-state index in [1.807, 2.05) is 0 Å². The van der Waals surface area contributed by atoms with Crippen LogP contribution < -0.4 is 0 Å². The zero-order valence-electron chi connectivity index (χ0n) is 18.9. The van der Waals surface area contributed by atoms with Crippen molar-refractivity contribution in [2.45, 2.75) is 32.1 Å². The first-order valence-electron chi connectivity index (χ1n) is 11.5. The number of para-hydroxylation sites is 3. The van der Waals surface area contributed by atoms with Crippen LogP contribution in [0.1, 0.15) is 37.8 Å². The van der Waals surface area contributed by atoms with Gasteiger partial charge in [0.2, 0.25) is 0 Å². The maximum Gasteiger partial charge on any atom is 0.145 e. The molecule has 1 aliphatic rings. The molecule has 0 N–H and O–H groups in total. The zero-order valence-corrected chi connectivity index (χ0v) is 21.3. The molecule has 0 spiro atoms. The number of aromatic nitrogens is 2. The smallest absolute Gasteiger partial charge is 0.145 e. The molecule has 0 saturated heterocycles. The van der Waals surface area contributed by atoms with Crippen LogP contribution in [0.2, 0.25) is 0 Å². The van der Waals surface area contributed by atoms with Gasteiger partial charge in [0.25, 0.3) is 0 Å². The van der Waals surface area contributed by atoms with Gasteiger partial charge in [-0.05, 0) is 65.4 Å². The fraction of sp³-hybridized carbons (Fsp3) is 0.167. The quantitative estimate of drug-likeness (QED) is 0.204. The first-order chi connectivity index (χ1) is 15.8. The van der Waals surface area contributed by atoms with E-state index in [1.54, 1.807) is 0 Å². The molecule has 0 unspecified atom stereocenters. The molecule has 0 amide bonds. The minimum Gasteiger partial charge on any atom is -0.292 e. The number of hydrogen-bond donors (Lipinski definition) is 0. The van der Waals surface area contributed by atoms with Crippen LogP contribution in [0.15, 0.2) is 97.1 Å². The van der Waals surface area contributed by atoms with Crippen LogP contribution in [0.5, 0.6) is 0 Å². The molecule has 3 heteroatoms. The molecule has 0 aliphatic heterocycles. The van der Waals surface area contributed by atoms with Gasteiger partial charge in [-0.25, -0.2) is 4.98 Å². The fourth-order valence-electron chi connectivity index (χ4n) is 5.66. The maximum atomic E-state index is 5.10. The third-order valence-electron chi connectivity index (χ3n) is 7.31. The maximum absolute atomic E-state index is 5.10. The van der Waals surface area contributed by atoms with Crippen LogP contribution in [0.3, 0.4) is 0 Å². The molecule has 0 bridgehead atoms. The normalized spacial score (nSPS) is 13.4. The Morgan fingerprint density at radius 1 is 0.697 bits per heavy atom. The Morgan fingerprint density at radius 3 is 2.15 bits per heavy atom. The average Bonchev–Trinajstić information content (AvgIpc) is 3.38. The summed E-state index contributed by atoms with van der Waals surface area (Å²) >= 11 is 0. The molecule has 33 heavy (non-hydrogen) atoms. The van der Waals surface area contributed by atoms with Gasteiger partial charge in [-0.15, -0.1) is 0 Å². The predicted molar refractivity (Wildman–Crippen MR) is 133 cm³/mol. The van der Waals surface area contributed by atoms with Crippen molar-refractivity contribution in [2.75, 3.05) is 0 Å². The molecule has 1 radical (unpaired) electrons. The summed E-state index contributed by atoms with van der Waals surface area (Å²) in [5, 5.41) is 0. The van der Waals surface area contributed by atoms with Crippen molar-refractivity contribution in [3.63, 3.8) is 0 Å². The molecule has 1 aromatic heterocycles. The average molecular weight is 607 g/mol. The molecule has 0 atom stereocenters. The summed E-state index contributed by atoms with van der Waals surface area (Å²) in [6.07, 6.45) is 2.18. The van der Waals surface area contributed by atoms with E-state index >= 15 is 0 Å². The summed E-state index contributed by atoms with van der Waals surface area (Å²) in [7, 11) is 0. The predicted octanol–water partition coefficient (Wildman–Crippen LogP) is 7.78. The summed E-state index contributed by atoms with van der Waals surface area (Å²) < 4.78 is 2.29. The Bertz CT molecular complexity index is 1450. The Balaban J connectivity index is 0.00000228. The van der Waals surface area contributed by atoms with Gasteiger partial charge in [-0.1, -0.05) is 80.6 Å². The van der Waals surface area contributed by atoms with E-state index in [1.165, 1.54) is 27.8 Å². The second-order valence-electron chi connectivity index (χ2n) is 8.69. The topological polar surface area (TPSA) is 17.8 Å². The van der Waals surface area contributed by atoms with Crippen molar-refractivity contribution in [2.24, 2.45) is 0 Å². The standard InChI is InChI=1S/C30H26N2.Ir/c1-3-30(4-2)25-15-9-8-14-23(25)24-19-18-21(20-26(24)30)29-31-27-16-10-11-17-28(27)32(29)22-12-6-5-7-13-22;/h5-20H,3-4H2,1-2H3;. The molecule has 165 valence electrons. The van der Waals surface area contributed by atoms with E-state index < -0.39 is 0 Å². The second-order valence-corrected chi connectivity index (χ2v) is 8.69. The van der Waals surface area contributed by atoms with E-state index in [0.717, 1.165) is 35.4 Å². The number of rotatable bonds is 4. The van der Waals surface area contributed by atoms with Crippen LogP contribution in [0, 0.1) is 0 Å². The molecular formula is C30H26IrN2. The van der Waals surface area contributed by atoms with E-state index in [0.29, 0.717) is 0 Å². The summed E-state index contributed by atoms with van der Waals surface area (Å²) in [5.74, 6) is 0.997. The van der Waals surface area contributed by atoms with Crippen LogP contribution in [-0.2, 0) is 25.5 Å². The van der Waals surface area contributed by atoms with Crippen LogP contribution in [0.25, 0.3) is 39.2 Å². The van der Waals surface area contributed by atoms with Crippen molar-refractivity contribution in [3.8, 4) is 28.2 Å². The van der Waals surface area contributed by atoms with Gasteiger partial charge in [0.15, 0.2) is 0 Å². The van der Waals surface area contributed by atoms with Crippen LogP contribution >= 0.6 is 0 Å². The molecule has 1 heterocycles. The molecule has 2 nitrogen and oxygen atoms in total. The van der Waals surface area contributed by atoms with Gasteiger partial charge in [-0.3, -0.25) is 4.57 Å². The molecule has 0 fully saturated rings. The van der Waals surface area contributed by atoms with Crippen molar-refractivity contribution >= 4 is 11.0 Å². The molecular weight excluding hydrogens is 581 g/mol. The third kappa shape index (κ3) is 3.14. The number of nitrogens with zero attached hydrogens (tertiary/aromatic N) is 2. The number of imidazole rings is 1. The van der Waals surface area contributed by atoms with Gasteiger partial charge in [-0.2, -0.15) is 0 Å². The fourth-order valence-corrected chi connectivity index (χ4v) is 5.66. The van der Waals surface area contributed by atoms with Gasteiger partial charge < -0.3 is 0 Å². The molecule has 6 rings (SSSR count). The summed E-state index contributed by atoms with van der Waals surface area (Å²) in [5.41, 5.74) is 10.2. The molecule has 4 aromatic carbocycles. The Kier molecular flexibility index (Phi) is 5.56. The third-order valence-corrected chi connectivity index (χ3v) is 7.31. The molecule has 1 aliphatic carbocycles.